The smallest absolute Gasteiger partial charge is 0.192 e. The quantitative estimate of drug-likeness (QED) is 0.215. The number of carbonyl (C=O) groups is 1. The number of benzene rings is 3. The van der Waals surface area contributed by atoms with Crippen molar-refractivity contribution in [1.82, 2.24) is 14.8 Å². The molecule has 0 amide bonds. The second-order valence-electron chi connectivity index (χ2n) is 8.98. The van der Waals surface area contributed by atoms with Crippen molar-refractivity contribution < 1.29 is 13.9 Å². The molecule has 6 rings (SSSR count). The van der Waals surface area contributed by atoms with Crippen LogP contribution in [-0.2, 0) is 17.7 Å². The van der Waals surface area contributed by atoms with Crippen LogP contribution >= 0.6 is 11.8 Å². The SMILES string of the molecule is O=C(CSc1nnc(-c2ccc(F)cc2)n1C[C@@H]1CCCO1)c1ccc2c(c1)-c1ccccc1C2. The molecule has 1 aliphatic carbocycles. The summed E-state index contributed by atoms with van der Waals surface area (Å²) in [4.78, 5) is 13.2. The van der Waals surface area contributed by atoms with Gasteiger partial charge in [-0.1, -0.05) is 48.2 Å². The lowest BCUT2D eigenvalue weighted by atomic mass is 10.0. The number of rotatable bonds is 7. The highest BCUT2D eigenvalue weighted by Crippen LogP contribution is 2.37. The Bertz CT molecular complexity index is 1390. The predicted octanol–water partition coefficient (Wildman–Crippen LogP) is 5.81. The summed E-state index contributed by atoms with van der Waals surface area (Å²) in [6.45, 7) is 1.35. The van der Waals surface area contributed by atoms with E-state index in [-0.39, 0.29) is 23.5 Å². The Labute approximate surface area is 207 Å². The summed E-state index contributed by atoms with van der Waals surface area (Å²) < 4.78 is 21.3. The van der Waals surface area contributed by atoms with Gasteiger partial charge in [-0.2, -0.15) is 0 Å². The fraction of sp³-hybridized carbons (Fsp3) is 0.250. The molecule has 7 heteroatoms. The molecule has 0 N–H and O–H groups in total. The maximum atomic E-state index is 13.5. The molecule has 0 radical (unpaired) electrons. The molecule has 2 heterocycles. The van der Waals surface area contributed by atoms with Gasteiger partial charge in [0.05, 0.1) is 18.4 Å². The van der Waals surface area contributed by atoms with Crippen molar-refractivity contribution >= 4 is 17.5 Å². The molecule has 2 aliphatic rings. The van der Waals surface area contributed by atoms with Crippen molar-refractivity contribution in [3.05, 3.63) is 89.2 Å². The zero-order valence-corrected chi connectivity index (χ0v) is 19.9. The first kappa shape index (κ1) is 22.2. The lowest BCUT2D eigenvalue weighted by Gasteiger charge is -2.14. The van der Waals surface area contributed by atoms with Crippen LogP contribution < -0.4 is 0 Å². The van der Waals surface area contributed by atoms with Crippen LogP contribution in [0.4, 0.5) is 4.39 Å². The summed E-state index contributed by atoms with van der Waals surface area (Å²) in [5, 5.41) is 9.43. The molecule has 1 atom stereocenters. The molecule has 5 nitrogen and oxygen atoms in total. The molecular formula is C28H24FN3O2S. The second-order valence-corrected chi connectivity index (χ2v) is 9.92. The number of halogens is 1. The first-order chi connectivity index (χ1) is 17.2. The van der Waals surface area contributed by atoms with Gasteiger partial charge in [0.1, 0.15) is 5.82 Å². The van der Waals surface area contributed by atoms with E-state index in [4.69, 9.17) is 4.74 Å². The van der Waals surface area contributed by atoms with Crippen LogP contribution in [0.25, 0.3) is 22.5 Å². The summed E-state index contributed by atoms with van der Waals surface area (Å²) in [7, 11) is 0. The molecule has 1 saturated heterocycles. The van der Waals surface area contributed by atoms with Crippen LogP contribution in [0.2, 0.25) is 0 Å². The number of nitrogens with zero attached hydrogens (tertiary/aromatic N) is 3. The second kappa shape index (κ2) is 9.40. The van der Waals surface area contributed by atoms with E-state index < -0.39 is 0 Å². The van der Waals surface area contributed by atoms with E-state index >= 15 is 0 Å². The number of hydrogen-bond acceptors (Lipinski definition) is 5. The van der Waals surface area contributed by atoms with Crippen molar-refractivity contribution in [2.24, 2.45) is 0 Å². The van der Waals surface area contributed by atoms with E-state index in [2.05, 4.69) is 34.5 Å². The maximum absolute atomic E-state index is 13.5. The Kier molecular flexibility index (Phi) is 5.96. The predicted molar refractivity (Wildman–Crippen MR) is 134 cm³/mol. The van der Waals surface area contributed by atoms with E-state index in [1.807, 2.05) is 22.8 Å². The van der Waals surface area contributed by atoms with Crippen LogP contribution in [0.3, 0.4) is 0 Å². The van der Waals surface area contributed by atoms with Crippen molar-refractivity contribution in [3.8, 4) is 22.5 Å². The highest BCUT2D eigenvalue weighted by atomic mass is 32.2. The summed E-state index contributed by atoms with van der Waals surface area (Å²) in [5.74, 6) is 0.672. The molecular weight excluding hydrogens is 461 g/mol. The van der Waals surface area contributed by atoms with Gasteiger partial charge in [0, 0.05) is 17.7 Å². The minimum atomic E-state index is -0.295. The average molecular weight is 486 g/mol. The van der Waals surface area contributed by atoms with E-state index in [0.29, 0.717) is 23.1 Å². The fourth-order valence-electron chi connectivity index (χ4n) is 4.88. The molecule has 0 unspecified atom stereocenters. The largest absolute Gasteiger partial charge is 0.376 e. The number of thioether (sulfide) groups is 1. The van der Waals surface area contributed by atoms with Crippen LogP contribution in [0, 0.1) is 5.82 Å². The van der Waals surface area contributed by atoms with Crippen LogP contribution in [0.15, 0.2) is 71.9 Å². The summed E-state index contributed by atoms with van der Waals surface area (Å²) in [5.41, 5.74) is 6.42. The molecule has 0 spiro atoms. The highest BCUT2D eigenvalue weighted by Gasteiger charge is 2.23. The molecule has 0 saturated carbocycles. The zero-order valence-electron chi connectivity index (χ0n) is 19.1. The summed E-state index contributed by atoms with van der Waals surface area (Å²) >= 11 is 1.38. The van der Waals surface area contributed by atoms with Gasteiger partial charge in [0.2, 0.25) is 0 Å². The normalized spacial score (nSPS) is 16.3. The van der Waals surface area contributed by atoms with Gasteiger partial charge in [0.25, 0.3) is 0 Å². The molecule has 3 aromatic carbocycles. The monoisotopic (exact) mass is 485 g/mol. The molecule has 1 aromatic heterocycles. The Morgan fingerprint density at radius 2 is 1.86 bits per heavy atom. The molecule has 1 fully saturated rings. The van der Waals surface area contributed by atoms with E-state index in [1.54, 1.807) is 12.1 Å². The molecule has 1 aliphatic heterocycles. The minimum Gasteiger partial charge on any atom is -0.376 e. The van der Waals surface area contributed by atoms with Crippen LogP contribution in [-0.4, -0.2) is 39.0 Å². The summed E-state index contributed by atoms with van der Waals surface area (Å²) in [6.07, 6.45) is 2.99. The van der Waals surface area contributed by atoms with Gasteiger partial charge in [-0.05, 0) is 71.8 Å². The Hall–Kier alpha value is -3.29. The Balaban J connectivity index is 1.23. The van der Waals surface area contributed by atoms with E-state index in [1.165, 1.54) is 40.6 Å². The van der Waals surface area contributed by atoms with Crippen molar-refractivity contribution in [1.29, 1.82) is 0 Å². The Morgan fingerprint density at radius 1 is 1.03 bits per heavy atom. The van der Waals surface area contributed by atoms with E-state index in [9.17, 15) is 9.18 Å². The lowest BCUT2D eigenvalue weighted by molar-refractivity contribution is 0.0953. The first-order valence-electron chi connectivity index (χ1n) is 11.8. The number of aromatic nitrogens is 3. The Morgan fingerprint density at radius 3 is 2.69 bits per heavy atom. The van der Waals surface area contributed by atoms with Crippen molar-refractivity contribution in [3.63, 3.8) is 0 Å². The maximum Gasteiger partial charge on any atom is 0.192 e. The van der Waals surface area contributed by atoms with Gasteiger partial charge in [0.15, 0.2) is 16.8 Å². The number of hydrogen-bond donors (Lipinski definition) is 0. The zero-order chi connectivity index (χ0) is 23.8. The molecule has 0 bridgehead atoms. The standard InChI is InChI=1S/C28H24FN3O2S/c29-22-11-9-18(10-12-22)27-30-31-28(32(27)16-23-5-3-13-34-23)35-17-26(33)21-8-7-20-14-19-4-1-2-6-24(19)25(20)15-21/h1-2,4,6-12,15,23H,3,5,13-14,16-17H2/t23-/m0/s1. The molecule has 35 heavy (non-hydrogen) atoms. The van der Waals surface area contributed by atoms with Crippen LogP contribution in [0.5, 0.6) is 0 Å². The van der Waals surface area contributed by atoms with Crippen molar-refractivity contribution in [2.75, 3.05) is 12.4 Å². The number of Topliss-reactive ketones (excluding diaryl/α,β-unsaturated/α-hetero) is 1. The highest BCUT2D eigenvalue weighted by molar-refractivity contribution is 7.99. The topological polar surface area (TPSA) is 57.0 Å². The van der Waals surface area contributed by atoms with E-state index in [0.717, 1.165) is 37.0 Å². The lowest BCUT2D eigenvalue weighted by Crippen LogP contribution is -2.17. The first-order valence-corrected chi connectivity index (χ1v) is 12.8. The number of carbonyl (C=O) groups excluding carboxylic acids is 1. The third-order valence-electron chi connectivity index (χ3n) is 6.68. The third kappa shape index (κ3) is 4.42. The van der Waals surface area contributed by atoms with Gasteiger partial charge in [-0.3, -0.25) is 9.36 Å². The minimum absolute atomic E-state index is 0.0529. The van der Waals surface area contributed by atoms with Crippen LogP contribution in [0.1, 0.15) is 34.3 Å². The number of ether oxygens (including phenoxy) is 1. The van der Waals surface area contributed by atoms with Gasteiger partial charge >= 0.3 is 0 Å². The summed E-state index contributed by atoms with van der Waals surface area (Å²) in [6, 6.07) is 20.6. The van der Waals surface area contributed by atoms with Crippen molar-refractivity contribution in [2.45, 2.75) is 37.1 Å². The number of fused-ring (bicyclic) bond motifs is 3. The van der Waals surface area contributed by atoms with Gasteiger partial charge < -0.3 is 4.74 Å². The molecule has 4 aromatic rings. The number of ketones is 1. The fourth-order valence-corrected chi connectivity index (χ4v) is 5.72. The van der Waals surface area contributed by atoms with Gasteiger partial charge in [-0.15, -0.1) is 10.2 Å². The molecule has 176 valence electrons. The van der Waals surface area contributed by atoms with Gasteiger partial charge in [-0.25, -0.2) is 4.39 Å². The average Bonchev–Trinajstić information content (AvgIpc) is 3.62. The third-order valence-corrected chi connectivity index (χ3v) is 7.65.